The molecule has 0 heterocycles. The third-order valence-electron chi connectivity index (χ3n) is 1.87. The van der Waals surface area contributed by atoms with E-state index in [0.717, 1.165) is 10.7 Å². The lowest BCUT2D eigenvalue weighted by Gasteiger charge is -2.13. The molecular formula is C8H4I4O5S. The number of carbonyl (C=O) groups excluding carboxylic acids is 1. The van der Waals surface area contributed by atoms with E-state index in [4.69, 9.17) is 0 Å². The minimum atomic E-state index is -4.50. The Balaban J connectivity index is 3.95. The second-order valence-corrected chi connectivity index (χ2v) is 8.60. The molecule has 1 aromatic rings. The molecule has 10 heteroatoms. The van der Waals surface area contributed by atoms with Gasteiger partial charge in [0.15, 0.2) is 0 Å². The van der Waals surface area contributed by atoms with Gasteiger partial charge >= 0.3 is 5.97 Å². The van der Waals surface area contributed by atoms with Crippen LogP contribution in [-0.4, -0.2) is 26.0 Å². The molecule has 0 saturated heterocycles. The lowest BCUT2D eigenvalue weighted by atomic mass is 10.2. The van der Waals surface area contributed by atoms with Crippen LogP contribution in [0.15, 0.2) is 4.90 Å². The van der Waals surface area contributed by atoms with Crippen molar-refractivity contribution in [1.29, 1.82) is 0 Å². The Kier molecular flexibility index (Phi) is 6.37. The molecule has 5 nitrogen and oxygen atoms in total. The Morgan fingerprint density at radius 3 is 1.89 bits per heavy atom. The summed E-state index contributed by atoms with van der Waals surface area (Å²) in [5.74, 6) is -0.792. The molecule has 0 amide bonds. The number of esters is 1. The molecule has 0 aromatic heterocycles. The maximum Gasteiger partial charge on any atom is 0.340 e. The molecule has 18 heavy (non-hydrogen) atoms. The third kappa shape index (κ3) is 3.40. The van der Waals surface area contributed by atoms with E-state index < -0.39 is 21.0 Å². The summed E-state index contributed by atoms with van der Waals surface area (Å²) in [6.45, 7) is 0. The summed E-state index contributed by atoms with van der Waals surface area (Å²) in [5, 5.41) is 0. The lowest BCUT2D eigenvalue weighted by Crippen LogP contribution is -2.16. The first-order chi connectivity index (χ1) is 8.12. The topological polar surface area (TPSA) is 80.7 Å². The van der Waals surface area contributed by atoms with Crippen LogP contribution in [0.4, 0.5) is 0 Å². The van der Waals surface area contributed by atoms with Crippen molar-refractivity contribution < 1.29 is 22.5 Å². The predicted molar refractivity (Wildman–Crippen MR) is 98.5 cm³/mol. The van der Waals surface area contributed by atoms with Gasteiger partial charge in [-0.15, -0.1) is 0 Å². The fourth-order valence-corrected chi connectivity index (χ4v) is 6.52. The number of carbonyl (C=O) groups is 1. The quantitative estimate of drug-likeness (QED) is 0.167. The van der Waals surface area contributed by atoms with Crippen LogP contribution in [0.25, 0.3) is 0 Å². The van der Waals surface area contributed by atoms with Gasteiger partial charge in [0, 0.05) is 14.3 Å². The fourth-order valence-electron chi connectivity index (χ4n) is 1.14. The van der Waals surface area contributed by atoms with Gasteiger partial charge < -0.3 is 4.74 Å². The molecule has 1 aromatic carbocycles. The molecule has 0 aliphatic carbocycles. The molecule has 1 N–H and O–H groups in total. The number of hydrogen-bond donors (Lipinski definition) is 1. The predicted octanol–water partition coefficient (Wildman–Crippen LogP) is 3.14. The Bertz CT molecular complexity index is 625. The molecule has 1 rings (SSSR count). The maximum atomic E-state index is 11.7. The van der Waals surface area contributed by atoms with Crippen LogP contribution in [0.1, 0.15) is 10.4 Å². The number of benzene rings is 1. The molecule has 0 saturated carbocycles. The standard InChI is InChI=1S/C8H4I4O5S/c1-17-8(13)2-3(9)4(10)5(11)6(12)7(2)18(14,15)16/h1H3,(H,14,15,16). The van der Waals surface area contributed by atoms with E-state index >= 15 is 0 Å². The minimum Gasteiger partial charge on any atom is -0.465 e. The van der Waals surface area contributed by atoms with E-state index in [1.54, 1.807) is 22.6 Å². The van der Waals surface area contributed by atoms with Crippen LogP contribution in [-0.2, 0) is 14.9 Å². The highest BCUT2D eigenvalue weighted by Gasteiger charge is 2.30. The van der Waals surface area contributed by atoms with Crippen molar-refractivity contribution in [2.45, 2.75) is 4.90 Å². The van der Waals surface area contributed by atoms with Crippen LogP contribution in [0.2, 0.25) is 0 Å². The average molecular weight is 720 g/mol. The van der Waals surface area contributed by atoms with Crippen LogP contribution >= 0.6 is 90.4 Å². The van der Waals surface area contributed by atoms with Gasteiger partial charge in [-0.3, -0.25) is 4.55 Å². The van der Waals surface area contributed by atoms with Gasteiger partial charge in [0.05, 0.1) is 12.7 Å². The van der Waals surface area contributed by atoms with E-state index in [1.807, 2.05) is 67.8 Å². The molecule has 0 aliphatic heterocycles. The van der Waals surface area contributed by atoms with Crippen LogP contribution in [0.3, 0.4) is 0 Å². The minimum absolute atomic E-state index is 0.130. The van der Waals surface area contributed by atoms with E-state index in [2.05, 4.69) is 4.74 Å². The summed E-state index contributed by atoms with van der Waals surface area (Å²) in [7, 11) is -3.35. The van der Waals surface area contributed by atoms with Crippen LogP contribution < -0.4 is 0 Å². The molecule has 0 radical (unpaired) electrons. The van der Waals surface area contributed by atoms with Gasteiger partial charge in [0.1, 0.15) is 4.90 Å². The number of halogens is 4. The first-order valence-electron chi connectivity index (χ1n) is 4.04. The van der Waals surface area contributed by atoms with E-state index in [9.17, 15) is 17.8 Å². The zero-order valence-corrected chi connectivity index (χ0v) is 17.9. The van der Waals surface area contributed by atoms with Crippen molar-refractivity contribution in [2.75, 3.05) is 7.11 Å². The Morgan fingerprint density at radius 2 is 1.50 bits per heavy atom. The van der Waals surface area contributed by atoms with Crippen molar-refractivity contribution >= 4 is 106 Å². The normalized spacial score (nSPS) is 11.4. The van der Waals surface area contributed by atoms with Crippen molar-refractivity contribution in [3.05, 3.63) is 19.8 Å². The zero-order valence-electron chi connectivity index (χ0n) is 8.50. The largest absolute Gasteiger partial charge is 0.465 e. The lowest BCUT2D eigenvalue weighted by molar-refractivity contribution is 0.0594. The molecule has 0 aliphatic rings. The van der Waals surface area contributed by atoms with Gasteiger partial charge in [-0.25, -0.2) is 4.79 Å². The first-order valence-corrected chi connectivity index (χ1v) is 9.80. The SMILES string of the molecule is COC(=O)c1c(I)c(I)c(I)c(I)c1S(=O)(=O)O. The summed E-state index contributed by atoms with van der Waals surface area (Å²) in [6, 6.07) is 0. The number of hydrogen-bond acceptors (Lipinski definition) is 4. The number of ether oxygens (including phenoxy) is 1. The molecule has 0 atom stereocenters. The van der Waals surface area contributed by atoms with E-state index in [-0.39, 0.29) is 5.56 Å². The van der Waals surface area contributed by atoms with Gasteiger partial charge in [-0.1, -0.05) is 0 Å². The zero-order chi connectivity index (χ0) is 14.2. The van der Waals surface area contributed by atoms with Crippen LogP contribution in [0.5, 0.6) is 0 Å². The highest BCUT2D eigenvalue weighted by Crippen LogP contribution is 2.35. The summed E-state index contributed by atoms with van der Waals surface area (Å²) in [4.78, 5) is 11.3. The molecule has 0 fully saturated rings. The van der Waals surface area contributed by atoms with E-state index in [1.165, 1.54) is 0 Å². The number of rotatable bonds is 2. The Hall–Kier alpha value is 1.52. The highest BCUT2D eigenvalue weighted by molar-refractivity contribution is 14.1. The van der Waals surface area contributed by atoms with E-state index in [0.29, 0.717) is 10.7 Å². The summed E-state index contributed by atoms with van der Waals surface area (Å²) in [6.07, 6.45) is 0. The van der Waals surface area contributed by atoms with Gasteiger partial charge in [0.25, 0.3) is 10.1 Å². The summed E-state index contributed by atoms with van der Waals surface area (Å²) in [5.41, 5.74) is -0.130. The smallest absolute Gasteiger partial charge is 0.340 e. The highest BCUT2D eigenvalue weighted by atomic mass is 127. The molecule has 0 unspecified atom stereocenters. The monoisotopic (exact) mass is 720 g/mol. The van der Waals surface area contributed by atoms with Crippen molar-refractivity contribution in [3.8, 4) is 0 Å². The first kappa shape index (κ1) is 17.6. The third-order valence-corrected chi connectivity index (χ3v) is 10.6. The Morgan fingerprint density at radius 1 is 1.06 bits per heavy atom. The van der Waals surface area contributed by atoms with Crippen molar-refractivity contribution in [1.82, 2.24) is 0 Å². The van der Waals surface area contributed by atoms with Gasteiger partial charge in [-0.05, 0) is 90.4 Å². The van der Waals surface area contributed by atoms with Crippen molar-refractivity contribution in [3.63, 3.8) is 0 Å². The summed E-state index contributed by atoms with van der Waals surface area (Å²) < 4.78 is 38.9. The Labute approximate surface area is 158 Å². The van der Waals surface area contributed by atoms with Crippen molar-refractivity contribution in [2.24, 2.45) is 0 Å². The maximum absolute atomic E-state index is 11.7. The summed E-state index contributed by atoms with van der Waals surface area (Å²) >= 11 is 7.62. The molecule has 0 spiro atoms. The van der Waals surface area contributed by atoms with Crippen LogP contribution in [0, 0.1) is 14.3 Å². The van der Waals surface area contributed by atoms with Gasteiger partial charge in [-0.2, -0.15) is 8.42 Å². The van der Waals surface area contributed by atoms with Gasteiger partial charge in [0.2, 0.25) is 0 Å². The molecular weight excluding hydrogens is 716 g/mol. The second-order valence-electron chi connectivity index (χ2n) is 2.93. The average Bonchev–Trinajstić information content (AvgIpc) is 2.28. The second kappa shape index (κ2) is 6.52. The molecule has 0 bridgehead atoms. The molecule has 100 valence electrons. The fraction of sp³-hybridized carbons (Fsp3) is 0.125. The number of methoxy groups -OCH3 is 1.